The van der Waals surface area contributed by atoms with Crippen molar-refractivity contribution in [3.05, 3.63) is 77.8 Å². The smallest absolute Gasteiger partial charge is 0.196 e. The molecule has 6 nitrogen and oxygen atoms in total. The number of methoxy groups -OCH3 is 1. The predicted molar refractivity (Wildman–Crippen MR) is 138 cm³/mol. The van der Waals surface area contributed by atoms with Gasteiger partial charge in [0.25, 0.3) is 0 Å². The summed E-state index contributed by atoms with van der Waals surface area (Å²) >= 11 is 7.79. The number of aromatic nitrogens is 3. The summed E-state index contributed by atoms with van der Waals surface area (Å²) < 4.78 is 13.5. The van der Waals surface area contributed by atoms with Crippen molar-refractivity contribution in [1.82, 2.24) is 14.8 Å². The van der Waals surface area contributed by atoms with Crippen molar-refractivity contribution in [3.8, 4) is 34.3 Å². The van der Waals surface area contributed by atoms with Gasteiger partial charge in [0.1, 0.15) is 23.0 Å². The van der Waals surface area contributed by atoms with Crippen LogP contribution in [0.15, 0.2) is 78.0 Å². The maximum Gasteiger partial charge on any atom is 0.196 e. The summed E-state index contributed by atoms with van der Waals surface area (Å²) in [4.78, 5) is 12.6. The van der Waals surface area contributed by atoms with Gasteiger partial charge in [-0.2, -0.15) is 0 Å². The molecule has 1 aromatic heterocycles. The number of carbonyl (C=O) groups excluding carboxylic acids is 1. The molecule has 5 rings (SSSR count). The van der Waals surface area contributed by atoms with Crippen LogP contribution >= 0.6 is 23.4 Å². The molecule has 1 atom stereocenters. The fourth-order valence-electron chi connectivity index (χ4n) is 4.10. The lowest BCUT2D eigenvalue weighted by Gasteiger charge is -2.20. The molecule has 0 spiro atoms. The van der Waals surface area contributed by atoms with Crippen molar-refractivity contribution in [2.45, 2.75) is 36.1 Å². The largest absolute Gasteiger partial charge is 0.496 e. The van der Waals surface area contributed by atoms with E-state index >= 15 is 0 Å². The van der Waals surface area contributed by atoms with Crippen molar-refractivity contribution in [2.75, 3.05) is 7.11 Å². The molecule has 8 heteroatoms. The summed E-state index contributed by atoms with van der Waals surface area (Å²) in [6, 6.07) is 22.7. The van der Waals surface area contributed by atoms with Gasteiger partial charge < -0.3 is 9.47 Å². The SMILES string of the molecule is COc1ccc(Cl)cc1-c1nnc(S[C@@H]2CCCCC2=O)n1-c1ccc(Oc2ccccc2)cc1. The third-order valence-electron chi connectivity index (χ3n) is 5.86. The molecule has 178 valence electrons. The summed E-state index contributed by atoms with van der Waals surface area (Å²) in [6.07, 6.45) is 3.46. The topological polar surface area (TPSA) is 66.2 Å². The number of nitrogens with zero attached hydrogens (tertiary/aromatic N) is 3. The summed E-state index contributed by atoms with van der Waals surface area (Å²) in [5, 5.41) is 10.1. The van der Waals surface area contributed by atoms with Crippen LogP contribution in [-0.2, 0) is 4.79 Å². The Balaban J connectivity index is 1.55. The van der Waals surface area contributed by atoms with E-state index in [2.05, 4.69) is 10.2 Å². The lowest BCUT2D eigenvalue weighted by atomic mass is 9.99. The predicted octanol–water partition coefficient (Wildman–Crippen LogP) is 6.99. The monoisotopic (exact) mass is 505 g/mol. The number of para-hydroxylation sites is 1. The fourth-order valence-corrected chi connectivity index (χ4v) is 5.44. The van der Waals surface area contributed by atoms with Crippen molar-refractivity contribution in [2.24, 2.45) is 0 Å². The Hall–Kier alpha value is -3.29. The second kappa shape index (κ2) is 10.5. The van der Waals surface area contributed by atoms with Gasteiger partial charge in [0.2, 0.25) is 0 Å². The average Bonchev–Trinajstić information content (AvgIpc) is 3.30. The van der Waals surface area contributed by atoms with Crippen LogP contribution in [-0.4, -0.2) is 32.9 Å². The van der Waals surface area contributed by atoms with Crippen molar-refractivity contribution in [1.29, 1.82) is 0 Å². The Morgan fingerprint density at radius 1 is 0.971 bits per heavy atom. The van der Waals surface area contributed by atoms with Gasteiger partial charge >= 0.3 is 0 Å². The fraction of sp³-hybridized carbons (Fsp3) is 0.222. The molecule has 0 amide bonds. The Labute approximate surface area is 213 Å². The van der Waals surface area contributed by atoms with E-state index in [1.54, 1.807) is 13.2 Å². The molecule has 0 N–H and O–H groups in total. The summed E-state index contributed by atoms with van der Waals surface area (Å²) in [5.74, 6) is 2.97. The van der Waals surface area contributed by atoms with Gasteiger partial charge in [-0.1, -0.05) is 48.0 Å². The third kappa shape index (κ3) is 5.21. The highest BCUT2D eigenvalue weighted by molar-refractivity contribution is 8.00. The second-order valence-electron chi connectivity index (χ2n) is 8.21. The molecule has 1 heterocycles. The van der Waals surface area contributed by atoms with Crippen LogP contribution in [0.2, 0.25) is 5.02 Å². The molecule has 0 unspecified atom stereocenters. The molecule has 1 fully saturated rings. The normalized spacial score (nSPS) is 15.7. The first-order chi connectivity index (χ1) is 17.1. The molecular weight excluding hydrogens is 482 g/mol. The number of carbonyl (C=O) groups is 1. The lowest BCUT2D eigenvalue weighted by molar-refractivity contribution is -0.119. The number of Topliss-reactive ketones (excluding diaryl/α,β-unsaturated/α-hetero) is 1. The van der Waals surface area contributed by atoms with Crippen LogP contribution in [0.5, 0.6) is 17.2 Å². The highest BCUT2D eigenvalue weighted by Crippen LogP contribution is 2.38. The molecule has 0 saturated heterocycles. The van der Waals surface area contributed by atoms with Crippen LogP contribution in [0.25, 0.3) is 17.1 Å². The van der Waals surface area contributed by atoms with Crippen molar-refractivity contribution < 1.29 is 14.3 Å². The molecule has 0 bridgehead atoms. The number of rotatable bonds is 7. The first-order valence-corrected chi connectivity index (χ1v) is 12.7. The number of halogens is 1. The van der Waals surface area contributed by atoms with Gasteiger partial charge in [0, 0.05) is 11.4 Å². The molecule has 0 radical (unpaired) electrons. The summed E-state index contributed by atoms with van der Waals surface area (Å²) in [7, 11) is 1.61. The quantitative estimate of drug-likeness (QED) is 0.269. The van der Waals surface area contributed by atoms with E-state index < -0.39 is 0 Å². The van der Waals surface area contributed by atoms with Crippen LogP contribution in [0.3, 0.4) is 0 Å². The summed E-state index contributed by atoms with van der Waals surface area (Å²) in [5.41, 5.74) is 1.57. The third-order valence-corrected chi connectivity index (χ3v) is 7.35. The molecule has 1 aliphatic rings. The average molecular weight is 506 g/mol. The van der Waals surface area contributed by atoms with Gasteiger partial charge in [-0.25, -0.2) is 0 Å². The maximum absolute atomic E-state index is 12.6. The number of hydrogen-bond acceptors (Lipinski definition) is 6. The summed E-state index contributed by atoms with van der Waals surface area (Å²) in [6.45, 7) is 0. The highest BCUT2D eigenvalue weighted by Gasteiger charge is 2.27. The number of thioether (sulfide) groups is 1. The minimum atomic E-state index is -0.124. The minimum absolute atomic E-state index is 0.124. The van der Waals surface area contributed by atoms with Crippen LogP contribution in [0, 0.1) is 0 Å². The van der Waals surface area contributed by atoms with Crippen LogP contribution in [0.4, 0.5) is 0 Å². The molecule has 4 aromatic rings. The van der Waals surface area contributed by atoms with Crippen molar-refractivity contribution in [3.63, 3.8) is 0 Å². The first-order valence-electron chi connectivity index (χ1n) is 11.4. The molecular formula is C27H24ClN3O3S. The van der Waals surface area contributed by atoms with E-state index in [9.17, 15) is 4.79 Å². The van der Waals surface area contributed by atoms with E-state index in [4.69, 9.17) is 21.1 Å². The number of ether oxygens (including phenoxy) is 2. The number of hydrogen-bond donors (Lipinski definition) is 0. The van der Waals surface area contributed by atoms with Crippen molar-refractivity contribution >= 4 is 29.1 Å². The first kappa shape index (κ1) is 23.5. The van der Waals surface area contributed by atoms with Gasteiger partial charge in [0.05, 0.1) is 23.6 Å². The molecule has 0 aliphatic heterocycles. The second-order valence-corrected chi connectivity index (χ2v) is 9.82. The highest BCUT2D eigenvalue weighted by atomic mass is 35.5. The number of benzene rings is 3. The molecule has 1 aliphatic carbocycles. The Morgan fingerprint density at radius 3 is 2.49 bits per heavy atom. The zero-order chi connectivity index (χ0) is 24.2. The Bertz CT molecular complexity index is 1330. The molecule has 35 heavy (non-hydrogen) atoms. The maximum atomic E-state index is 12.6. The minimum Gasteiger partial charge on any atom is -0.496 e. The van der Waals surface area contributed by atoms with Crippen LogP contribution < -0.4 is 9.47 Å². The van der Waals surface area contributed by atoms with E-state index in [1.165, 1.54) is 11.8 Å². The van der Waals surface area contributed by atoms with Gasteiger partial charge in [-0.3, -0.25) is 9.36 Å². The van der Waals surface area contributed by atoms with Gasteiger partial charge in [-0.15, -0.1) is 10.2 Å². The lowest BCUT2D eigenvalue weighted by Crippen LogP contribution is -2.21. The van der Waals surface area contributed by atoms with Crippen LogP contribution in [0.1, 0.15) is 25.7 Å². The van der Waals surface area contributed by atoms with E-state index in [0.29, 0.717) is 33.9 Å². The molecule has 3 aromatic carbocycles. The number of ketones is 1. The molecule has 1 saturated carbocycles. The van der Waals surface area contributed by atoms with E-state index in [0.717, 1.165) is 36.3 Å². The van der Waals surface area contributed by atoms with Gasteiger partial charge in [0.15, 0.2) is 11.0 Å². The van der Waals surface area contributed by atoms with E-state index in [1.807, 2.05) is 71.3 Å². The standard InChI is InChI=1S/C27H24ClN3O3S/c1-33-24-16-11-18(28)17-22(24)26-29-30-27(35-25-10-6-5-9-23(25)32)31(26)19-12-14-21(15-13-19)34-20-7-3-2-4-8-20/h2-4,7-8,11-17,25H,5-6,9-10H2,1H3/t25-/m1/s1. The Morgan fingerprint density at radius 2 is 1.74 bits per heavy atom. The zero-order valence-corrected chi connectivity index (χ0v) is 20.8. The zero-order valence-electron chi connectivity index (χ0n) is 19.2. The Kier molecular flexibility index (Phi) is 7.06. The van der Waals surface area contributed by atoms with E-state index in [-0.39, 0.29) is 11.0 Å². The van der Waals surface area contributed by atoms with Gasteiger partial charge in [-0.05, 0) is 67.4 Å².